The first-order chi connectivity index (χ1) is 14.1. The minimum Gasteiger partial charge on any atom is -0.347 e. The summed E-state index contributed by atoms with van der Waals surface area (Å²) in [6, 6.07) is 5.30. The third-order valence-electron chi connectivity index (χ3n) is 5.30. The number of pyridine rings is 1. The molecule has 1 aliphatic heterocycles. The summed E-state index contributed by atoms with van der Waals surface area (Å²) in [6.07, 6.45) is 0.328. The van der Waals surface area contributed by atoms with E-state index in [1.54, 1.807) is 38.2 Å². The summed E-state index contributed by atoms with van der Waals surface area (Å²) in [6.45, 7) is 3.68. The van der Waals surface area contributed by atoms with Gasteiger partial charge in [-0.25, -0.2) is 32.0 Å². The first-order valence-corrected chi connectivity index (χ1v) is 9.39. The molecule has 0 bridgehead atoms. The topological polar surface area (TPSA) is 67.5 Å². The van der Waals surface area contributed by atoms with E-state index in [2.05, 4.69) is 25.4 Å². The second-order valence-electron chi connectivity index (χ2n) is 7.75. The smallest absolute Gasteiger partial charge is 0.262 e. The molecule has 3 aromatic rings. The van der Waals surface area contributed by atoms with Crippen LogP contribution in [0.4, 0.5) is 29.2 Å². The molecule has 0 fully saturated rings. The van der Waals surface area contributed by atoms with Crippen molar-refractivity contribution in [3.8, 4) is 11.3 Å². The van der Waals surface area contributed by atoms with Crippen molar-refractivity contribution in [3.05, 3.63) is 36.3 Å². The highest BCUT2D eigenvalue weighted by Crippen LogP contribution is 2.43. The molecule has 3 aromatic heterocycles. The number of aliphatic imine (C=N–C) groups is 1. The van der Waals surface area contributed by atoms with E-state index in [1.807, 2.05) is 0 Å². The van der Waals surface area contributed by atoms with E-state index in [1.165, 1.54) is 10.7 Å². The number of halogens is 4. The second kappa shape index (κ2) is 7.03. The van der Waals surface area contributed by atoms with Crippen molar-refractivity contribution in [2.45, 2.75) is 45.0 Å². The Morgan fingerprint density at radius 1 is 1.23 bits per heavy atom. The van der Waals surface area contributed by atoms with E-state index >= 15 is 0 Å². The molecule has 0 radical (unpaired) electrons. The number of nitrogens with zero attached hydrogens (tertiary/aromatic N) is 5. The predicted molar refractivity (Wildman–Crippen MR) is 106 cm³/mol. The normalized spacial score (nSPS) is 18.7. The maximum atomic E-state index is 13.2. The zero-order valence-electron chi connectivity index (χ0n) is 16.6. The van der Waals surface area contributed by atoms with Gasteiger partial charge in [0.1, 0.15) is 0 Å². The SMILES string of the molecule is CC1=Nc2ccc(-c3ccn4nc(NCC(C)(F)F)ncc34)nc2C1(C)CC(F)F. The third kappa shape index (κ3) is 3.61. The van der Waals surface area contributed by atoms with Crippen molar-refractivity contribution in [2.24, 2.45) is 4.99 Å². The lowest BCUT2D eigenvalue weighted by Crippen LogP contribution is -2.31. The number of rotatable bonds is 6. The summed E-state index contributed by atoms with van der Waals surface area (Å²) >= 11 is 0. The van der Waals surface area contributed by atoms with Crippen molar-refractivity contribution in [2.75, 3.05) is 11.9 Å². The van der Waals surface area contributed by atoms with Crippen LogP contribution < -0.4 is 5.32 Å². The number of alkyl halides is 4. The van der Waals surface area contributed by atoms with E-state index in [0.29, 0.717) is 33.9 Å². The van der Waals surface area contributed by atoms with Crippen LogP contribution in [0.2, 0.25) is 0 Å². The van der Waals surface area contributed by atoms with Crippen molar-refractivity contribution < 1.29 is 17.6 Å². The van der Waals surface area contributed by atoms with Crippen LogP contribution in [-0.2, 0) is 5.41 Å². The summed E-state index contributed by atoms with van der Waals surface area (Å²) in [5, 5.41) is 6.69. The van der Waals surface area contributed by atoms with Gasteiger partial charge in [-0.1, -0.05) is 0 Å². The summed E-state index contributed by atoms with van der Waals surface area (Å²) in [4.78, 5) is 13.2. The fourth-order valence-corrected chi connectivity index (χ4v) is 3.56. The number of anilines is 1. The van der Waals surface area contributed by atoms with Gasteiger partial charge in [0.2, 0.25) is 12.4 Å². The number of fused-ring (bicyclic) bond motifs is 2. The minimum atomic E-state index is -2.89. The number of aromatic nitrogens is 4. The summed E-state index contributed by atoms with van der Waals surface area (Å²) < 4.78 is 54.0. The number of nitrogens with one attached hydrogen (secondary N) is 1. The van der Waals surface area contributed by atoms with Crippen LogP contribution in [0.25, 0.3) is 16.8 Å². The molecule has 6 nitrogen and oxygen atoms in total. The Labute approximate surface area is 170 Å². The average molecular weight is 420 g/mol. The maximum Gasteiger partial charge on any atom is 0.262 e. The fourth-order valence-electron chi connectivity index (χ4n) is 3.56. The van der Waals surface area contributed by atoms with Gasteiger partial charge in [0, 0.05) is 30.8 Å². The van der Waals surface area contributed by atoms with Gasteiger partial charge >= 0.3 is 0 Å². The lowest BCUT2D eigenvalue weighted by Gasteiger charge is -2.24. The molecule has 1 aliphatic rings. The molecular weight excluding hydrogens is 400 g/mol. The Morgan fingerprint density at radius 3 is 2.70 bits per heavy atom. The lowest BCUT2D eigenvalue weighted by molar-refractivity contribution is 0.0365. The molecule has 0 aliphatic carbocycles. The highest BCUT2D eigenvalue weighted by molar-refractivity contribution is 5.99. The Morgan fingerprint density at radius 2 is 2.00 bits per heavy atom. The van der Waals surface area contributed by atoms with Crippen molar-refractivity contribution in [1.29, 1.82) is 0 Å². The van der Waals surface area contributed by atoms with Crippen LogP contribution in [-0.4, -0.2) is 44.2 Å². The van der Waals surface area contributed by atoms with Crippen LogP contribution in [0, 0.1) is 0 Å². The minimum absolute atomic E-state index is 0.0709. The van der Waals surface area contributed by atoms with Gasteiger partial charge in [-0.05, 0) is 32.0 Å². The van der Waals surface area contributed by atoms with Gasteiger partial charge in [0.25, 0.3) is 5.92 Å². The highest BCUT2D eigenvalue weighted by atomic mass is 19.3. The van der Waals surface area contributed by atoms with Crippen LogP contribution in [0.3, 0.4) is 0 Å². The zero-order chi connectivity index (χ0) is 21.7. The molecular formula is C20H20F4N6. The van der Waals surface area contributed by atoms with Crippen molar-refractivity contribution in [3.63, 3.8) is 0 Å². The molecule has 0 saturated heterocycles. The quantitative estimate of drug-likeness (QED) is 0.578. The fraction of sp³-hybridized carbons (Fsp3) is 0.400. The third-order valence-corrected chi connectivity index (χ3v) is 5.30. The van der Waals surface area contributed by atoms with Crippen molar-refractivity contribution >= 4 is 22.9 Å². The van der Waals surface area contributed by atoms with Gasteiger partial charge < -0.3 is 5.32 Å². The zero-order valence-corrected chi connectivity index (χ0v) is 16.6. The standard InChI is InChI=1S/C20H20F4N6/c1-11-19(2,8-16(21)22)17-14(27-11)5-4-13(28-17)12-6-7-30-15(12)9-25-18(29-30)26-10-20(3,23)24/h4-7,9,16H,8,10H2,1-3H3,(H,26,29). The van der Waals surface area contributed by atoms with Gasteiger partial charge in [0.15, 0.2) is 0 Å². The predicted octanol–water partition coefficient (Wildman–Crippen LogP) is 4.88. The van der Waals surface area contributed by atoms with Crippen LogP contribution in [0.1, 0.15) is 32.9 Å². The van der Waals surface area contributed by atoms with Crippen LogP contribution in [0.15, 0.2) is 35.6 Å². The highest BCUT2D eigenvalue weighted by Gasteiger charge is 2.41. The van der Waals surface area contributed by atoms with E-state index in [-0.39, 0.29) is 12.4 Å². The molecule has 1 N–H and O–H groups in total. The maximum absolute atomic E-state index is 13.2. The molecule has 1 unspecified atom stereocenters. The summed E-state index contributed by atoms with van der Waals surface area (Å²) in [7, 11) is 0. The van der Waals surface area contributed by atoms with Crippen molar-refractivity contribution in [1.82, 2.24) is 19.6 Å². The number of hydrogen-bond donors (Lipinski definition) is 1. The Kier molecular flexibility index (Phi) is 4.74. The molecule has 4 heterocycles. The molecule has 0 amide bonds. The first-order valence-electron chi connectivity index (χ1n) is 9.39. The Bertz CT molecular complexity index is 1130. The molecule has 4 rings (SSSR count). The summed E-state index contributed by atoms with van der Waals surface area (Å²) in [5.41, 5.74) is 2.67. The molecule has 0 spiro atoms. The van der Waals surface area contributed by atoms with Gasteiger partial charge in [-0.2, -0.15) is 0 Å². The van der Waals surface area contributed by atoms with Crippen LogP contribution in [0.5, 0.6) is 0 Å². The molecule has 10 heteroatoms. The van der Waals surface area contributed by atoms with E-state index < -0.39 is 24.3 Å². The molecule has 158 valence electrons. The van der Waals surface area contributed by atoms with Crippen LogP contribution >= 0.6 is 0 Å². The Balaban J connectivity index is 1.69. The number of hydrogen-bond acceptors (Lipinski definition) is 5. The lowest BCUT2D eigenvalue weighted by atomic mass is 9.80. The molecule has 30 heavy (non-hydrogen) atoms. The van der Waals surface area contributed by atoms with E-state index in [4.69, 9.17) is 0 Å². The van der Waals surface area contributed by atoms with Gasteiger partial charge in [0.05, 0.1) is 40.7 Å². The average Bonchev–Trinajstić information content (AvgIpc) is 3.18. The molecule has 0 saturated carbocycles. The summed E-state index contributed by atoms with van der Waals surface area (Å²) in [5.74, 6) is -2.82. The molecule has 0 aromatic carbocycles. The van der Waals surface area contributed by atoms with Gasteiger partial charge in [-0.3, -0.25) is 4.99 Å². The van der Waals surface area contributed by atoms with E-state index in [9.17, 15) is 17.6 Å². The largest absolute Gasteiger partial charge is 0.347 e. The van der Waals surface area contributed by atoms with E-state index in [0.717, 1.165) is 6.92 Å². The monoisotopic (exact) mass is 420 g/mol. The Hall–Kier alpha value is -3.04. The second-order valence-corrected chi connectivity index (χ2v) is 7.75. The van der Waals surface area contributed by atoms with Gasteiger partial charge in [-0.15, -0.1) is 5.10 Å². The molecule has 1 atom stereocenters. The first kappa shape index (κ1) is 20.2.